The molecule has 0 aromatic rings. The minimum Gasteiger partial charge on any atom is -0.342 e. The summed E-state index contributed by atoms with van der Waals surface area (Å²) in [5.41, 5.74) is 0.0370. The molecule has 3 aliphatic rings. The lowest BCUT2D eigenvalue weighted by atomic mass is 9.77. The van der Waals surface area contributed by atoms with E-state index >= 15 is 0 Å². The standard InChI is InChI=1S/C19H31N3O3S/c1-13(2)10-22-12-19(9-15(22)23)5-7-21(8-6-19)16(24)14-11-26-18(3,4)17(25)20-14/h13-14H,5-12H2,1-4H3,(H,20,25)/t14-/m0/s1. The molecule has 3 amide bonds. The number of thioether (sulfide) groups is 1. The minimum absolute atomic E-state index is 0.0274. The van der Waals surface area contributed by atoms with Gasteiger partial charge in [-0.3, -0.25) is 14.4 Å². The zero-order valence-corrected chi connectivity index (χ0v) is 17.2. The summed E-state index contributed by atoms with van der Waals surface area (Å²) in [5, 5.41) is 2.89. The van der Waals surface area contributed by atoms with Gasteiger partial charge in [0.25, 0.3) is 0 Å². The van der Waals surface area contributed by atoms with E-state index in [0.717, 1.165) is 25.9 Å². The summed E-state index contributed by atoms with van der Waals surface area (Å²) in [6, 6.07) is -0.419. The van der Waals surface area contributed by atoms with Gasteiger partial charge in [-0.2, -0.15) is 0 Å². The molecule has 0 unspecified atom stereocenters. The predicted molar refractivity (Wildman–Crippen MR) is 103 cm³/mol. The van der Waals surface area contributed by atoms with E-state index in [9.17, 15) is 14.4 Å². The van der Waals surface area contributed by atoms with Crippen molar-refractivity contribution in [2.24, 2.45) is 11.3 Å². The molecule has 3 heterocycles. The Balaban J connectivity index is 1.55. The first-order chi connectivity index (χ1) is 12.1. The molecule has 146 valence electrons. The Kier molecular flexibility index (Phi) is 5.30. The van der Waals surface area contributed by atoms with Crippen LogP contribution >= 0.6 is 11.8 Å². The molecule has 1 atom stereocenters. The topological polar surface area (TPSA) is 69.7 Å². The number of piperidine rings is 1. The minimum atomic E-state index is -0.465. The van der Waals surface area contributed by atoms with Crippen molar-refractivity contribution in [3.05, 3.63) is 0 Å². The van der Waals surface area contributed by atoms with Crippen molar-refractivity contribution in [1.82, 2.24) is 15.1 Å². The van der Waals surface area contributed by atoms with Crippen LogP contribution in [0.2, 0.25) is 0 Å². The Labute approximate surface area is 160 Å². The van der Waals surface area contributed by atoms with Crippen LogP contribution < -0.4 is 5.32 Å². The van der Waals surface area contributed by atoms with Crippen molar-refractivity contribution in [2.75, 3.05) is 31.9 Å². The first-order valence-corrected chi connectivity index (χ1v) is 10.6. The lowest BCUT2D eigenvalue weighted by Gasteiger charge is -2.41. The molecule has 3 rings (SSSR count). The second-order valence-corrected chi connectivity index (χ2v) is 10.7. The summed E-state index contributed by atoms with van der Waals surface area (Å²) in [4.78, 5) is 41.2. The van der Waals surface area contributed by atoms with E-state index < -0.39 is 10.8 Å². The van der Waals surface area contributed by atoms with E-state index in [2.05, 4.69) is 19.2 Å². The maximum Gasteiger partial charge on any atom is 0.246 e. The largest absolute Gasteiger partial charge is 0.342 e. The quantitative estimate of drug-likeness (QED) is 0.804. The van der Waals surface area contributed by atoms with Gasteiger partial charge in [-0.25, -0.2) is 0 Å². The Hall–Kier alpha value is -1.24. The van der Waals surface area contributed by atoms with E-state index in [4.69, 9.17) is 0 Å². The fourth-order valence-electron chi connectivity index (χ4n) is 4.21. The second-order valence-electron chi connectivity index (χ2n) is 9.02. The highest BCUT2D eigenvalue weighted by molar-refractivity contribution is 8.01. The van der Waals surface area contributed by atoms with E-state index in [0.29, 0.717) is 31.2 Å². The summed E-state index contributed by atoms with van der Waals surface area (Å²) >= 11 is 1.54. The number of rotatable bonds is 3. The van der Waals surface area contributed by atoms with Gasteiger partial charge >= 0.3 is 0 Å². The van der Waals surface area contributed by atoms with Crippen molar-refractivity contribution in [3.63, 3.8) is 0 Å². The highest BCUT2D eigenvalue weighted by Crippen LogP contribution is 2.41. The highest BCUT2D eigenvalue weighted by Gasteiger charge is 2.46. The maximum absolute atomic E-state index is 12.8. The van der Waals surface area contributed by atoms with Gasteiger partial charge < -0.3 is 15.1 Å². The van der Waals surface area contributed by atoms with Gasteiger partial charge in [-0.1, -0.05) is 13.8 Å². The van der Waals surface area contributed by atoms with Gasteiger partial charge in [0.2, 0.25) is 17.7 Å². The van der Waals surface area contributed by atoms with Crippen LogP contribution in [0, 0.1) is 11.3 Å². The van der Waals surface area contributed by atoms with Crippen molar-refractivity contribution < 1.29 is 14.4 Å². The molecule has 0 aromatic carbocycles. The molecular formula is C19H31N3O3S. The van der Waals surface area contributed by atoms with Gasteiger partial charge in [0, 0.05) is 43.8 Å². The number of carbonyl (C=O) groups is 3. The molecule has 0 saturated carbocycles. The average molecular weight is 382 g/mol. The summed E-state index contributed by atoms with van der Waals surface area (Å²) < 4.78 is -0.465. The average Bonchev–Trinajstić information content (AvgIpc) is 2.85. The van der Waals surface area contributed by atoms with Crippen LogP contribution in [0.15, 0.2) is 0 Å². The van der Waals surface area contributed by atoms with Crippen LogP contribution in [0.1, 0.15) is 47.0 Å². The van der Waals surface area contributed by atoms with Gasteiger partial charge in [-0.05, 0) is 32.6 Å². The van der Waals surface area contributed by atoms with Crippen molar-refractivity contribution in [3.8, 4) is 0 Å². The normalized spacial score (nSPS) is 28.0. The van der Waals surface area contributed by atoms with Crippen LogP contribution in [0.25, 0.3) is 0 Å². The fourth-order valence-corrected chi connectivity index (χ4v) is 5.21. The van der Waals surface area contributed by atoms with Gasteiger partial charge in [-0.15, -0.1) is 11.8 Å². The molecule has 3 saturated heterocycles. The van der Waals surface area contributed by atoms with Gasteiger partial charge in [0.1, 0.15) is 6.04 Å². The summed E-state index contributed by atoms with van der Waals surface area (Å²) in [7, 11) is 0. The zero-order chi connectivity index (χ0) is 19.1. The number of likely N-dealkylation sites (tertiary alicyclic amines) is 2. The summed E-state index contributed by atoms with van der Waals surface area (Å²) in [6.07, 6.45) is 2.36. The fraction of sp³-hybridized carbons (Fsp3) is 0.842. The second kappa shape index (κ2) is 7.06. The van der Waals surface area contributed by atoms with Crippen LogP contribution in [0.4, 0.5) is 0 Å². The number of nitrogens with one attached hydrogen (secondary N) is 1. The van der Waals surface area contributed by atoms with E-state index in [1.165, 1.54) is 0 Å². The third-order valence-corrected chi connectivity index (χ3v) is 7.29. The monoisotopic (exact) mass is 381 g/mol. The van der Waals surface area contributed by atoms with Gasteiger partial charge in [0.05, 0.1) is 4.75 Å². The summed E-state index contributed by atoms with van der Waals surface area (Å²) in [6.45, 7) is 11.1. The Morgan fingerprint density at radius 2 is 1.92 bits per heavy atom. The molecular weight excluding hydrogens is 350 g/mol. The Morgan fingerprint density at radius 1 is 1.27 bits per heavy atom. The highest BCUT2D eigenvalue weighted by atomic mass is 32.2. The number of nitrogens with zero attached hydrogens (tertiary/aromatic N) is 2. The number of hydrogen-bond donors (Lipinski definition) is 1. The predicted octanol–water partition coefficient (Wildman–Crippen LogP) is 1.49. The molecule has 0 aliphatic carbocycles. The van der Waals surface area contributed by atoms with Crippen LogP contribution in [-0.2, 0) is 14.4 Å². The molecule has 1 spiro atoms. The SMILES string of the molecule is CC(C)CN1CC2(CCN(C(=O)[C@@H]3CSC(C)(C)C(=O)N3)CC2)CC1=O. The first kappa shape index (κ1) is 19.5. The molecule has 3 aliphatic heterocycles. The van der Waals surface area contributed by atoms with Crippen LogP contribution in [-0.4, -0.2) is 70.2 Å². The van der Waals surface area contributed by atoms with Gasteiger partial charge in [0.15, 0.2) is 0 Å². The van der Waals surface area contributed by atoms with Crippen molar-refractivity contribution in [1.29, 1.82) is 0 Å². The summed E-state index contributed by atoms with van der Waals surface area (Å²) in [5.74, 6) is 1.33. The molecule has 0 aromatic heterocycles. The molecule has 7 heteroatoms. The maximum atomic E-state index is 12.8. The molecule has 0 radical (unpaired) electrons. The van der Waals surface area contributed by atoms with Crippen LogP contribution in [0.5, 0.6) is 0 Å². The molecule has 1 N–H and O–H groups in total. The number of hydrogen-bond acceptors (Lipinski definition) is 4. The van der Waals surface area contributed by atoms with Crippen molar-refractivity contribution in [2.45, 2.75) is 57.7 Å². The van der Waals surface area contributed by atoms with Crippen LogP contribution in [0.3, 0.4) is 0 Å². The third kappa shape index (κ3) is 3.87. The lowest BCUT2D eigenvalue weighted by molar-refractivity contribution is -0.138. The van der Waals surface area contributed by atoms with E-state index in [-0.39, 0.29) is 23.1 Å². The molecule has 26 heavy (non-hydrogen) atoms. The molecule has 3 fully saturated rings. The first-order valence-electron chi connectivity index (χ1n) is 9.63. The third-order valence-electron chi connectivity index (χ3n) is 5.89. The Bertz CT molecular complexity index is 597. The van der Waals surface area contributed by atoms with E-state index in [1.807, 2.05) is 23.6 Å². The zero-order valence-electron chi connectivity index (χ0n) is 16.3. The van der Waals surface area contributed by atoms with Crippen molar-refractivity contribution >= 4 is 29.5 Å². The molecule has 0 bridgehead atoms. The molecule has 6 nitrogen and oxygen atoms in total. The number of carbonyl (C=O) groups excluding carboxylic acids is 3. The Morgan fingerprint density at radius 3 is 2.50 bits per heavy atom. The lowest BCUT2D eigenvalue weighted by Crippen LogP contribution is -2.59. The smallest absolute Gasteiger partial charge is 0.246 e. The number of amides is 3. The van der Waals surface area contributed by atoms with E-state index in [1.54, 1.807) is 11.8 Å².